The zero-order valence-electron chi connectivity index (χ0n) is 9.33. The second-order valence-corrected chi connectivity index (χ2v) is 3.85. The molecule has 0 amide bonds. The van der Waals surface area contributed by atoms with Gasteiger partial charge in [-0.25, -0.2) is 4.98 Å². The van der Waals surface area contributed by atoms with E-state index >= 15 is 0 Å². The predicted octanol–water partition coefficient (Wildman–Crippen LogP) is 0.678. The fraction of sp³-hybridized carbons (Fsp3) is 0.417. The molecule has 1 aliphatic heterocycles. The molecule has 0 aromatic carbocycles. The van der Waals surface area contributed by atoms with Gasteiger partial charge in [0.05, 0.1) is 12.7 Å². The topological polar surface area (TPSA) is 72.9 Å². The molecule has 0 radical (unpaired) electrons. The molecule has 0 aliphatic carbocycles. The van der Waals surface area contributed by atoms with Crippen LogP contribution in [0.4, 0.5) is 0 Å². The van der Waals surface area contributed by atoms with Gasteiger partial charge in [0.1, 0.15) is 11.8 Å². The van der Waals surface area contributed by atoms with Gasteiger partial charge in [0.15, 0.2) is 6.10 Å². The highest BCUT2D eigenvalue weighted by Crippen LogP contribution is 2.12. The van der Waals surface area contributed by atoms with Crippen LogP contribution in [-0.4, -0.2) is 35.7 Å². The molecule has 0 saturated carbocycles. The van der Waals surface area contributed by atoms with E-state index in [9.17, 15) is 0 Å². The minimum atomic E-state index is -0.369. The Hall–Kier alpha value is -1.95. The molecule has 1 fully saturated rings. The van der Waals surface area contributed by atoms with Crippen LogP contribution in [0.5, 0.6) is 0 Å². The van der Waals surface area contributed by atoms with E-state index in [4.69, 9.17) is 15.3 Å². The Balaban J connectivity index is 2.06. The lowest BCUT2D eigenvalue weighted by atomic mass is 10.1. The van der Waals surface area contributed by atoms with Crippen molar-refractivity contribution in [3.63, 3.8) is 0 Å². The molecule has 1 saturated heterocycles. The van der Waals surface area contributed by atoms with Gasteiger partial charge >= 0.3 is 0 Å². The second kappa shape index (κ2) is 5.40. The molecule has 5 nitrogen and oxygen atoms in total. The van der Waals surface area contributed by atoms with Crippen molar-refractivity contribution in [2.24, 2.45) is 0 Å². The molecule has 0 bridgehead atoms. The lowest BCUT2D eigenvalue weighted by molar-refractivity contribution is -0.00275. The summed E-state index contributed by atoms with van der Waals surface area (Å²) in [6, 6.07) is 7.89. The van der Waals surface area contributed by atoms with Crippen molar-refractivity contribution in [1.82, 2.24) is 9.88 Å². The van der Waals surface area contributed by atoms with E-state index in [-0.39, 0.29) is 6.10 Å². The highest BCUT2D eigenvalue weighted by molar-refractivity contribution is 5.30. The van der Waals surface area contributed by atoms with Gasteiger partial charge in [-0.15, -0.1) is 0 Å². The van der Waals surface area contributed by atoms with Gasteiger partial charge in [-0.1, -0.05) is 6.07 Å². The number of hydrogen-bond donors (Lipinski definition) is 0. The number of nitriles is 2. The summed E-state index contributed by atoms with van der Waals surface area (Å²) >= 11 is 0. The molecular weight excluding hydrogens is 216 g/mol. The quantitative estimate of drug-likeness (QED) is 0.744. The first-order valence-electron chi connectivity index (χ1n) is 5.41. The average molecular weight is 228 g/mol. The van der Waals surface area contributed by atoms with Crippen molar-refractivity contribution in [1.29, 1.82) is 10.5 Å². The third-order valence-electron chi connectivity index (χ3n) is 2.69. The maximum atomic E-state index is 8.94. The highest BCUT2D eigenvalue weighted by Gasteiger charge is 2.20. The Bertz CT molecular complexity index is 474. The zero-order chi connectivity index (χ0) is 12.1. The minimum Gasteiger partial charge on any atom is -0.361 e. The SMILES string of the molecule is N#Cc1ncccc1CN1CCOC(C#N)C1. The first-order chi connectivity index (χ1) is 8.33. The number of aromatic nitrogens is 1. The molecule has 1 atom stereocenters. The zero-order valence-corrected chi connectivity index (χ0v) is 9.33. The molecule has 1 aliphatic rings. The third kappa shape index (κ3) is 2.79. The molecule has 86 valence electrons. The van der Waals surface area contributed by atoms with Gasteiger partial charge < -0.3 is 4.74 Å². The smallest absolute Gasteiger partial charge is 0.156 e. The molecule has 5 heteroatoms. The minimum absolute atomic E-state index is 0.369. The highest BCUT2D eigenvalue weighted by atomic mass is 16.5. The van der Waals surface area contributed by atoms with Crippen LogP contribution < -0.4 is 0 Å². The molecule has 1 aromatic rings. The van der Waals surface area contributed by atoms with E-state index in [1.54, 1.807) is 6.20 Å². The lowest BCUT2D eigenvalue weighted by Crippen LogP contribution is -2.41. The van der Waals surface area contributed by atoms with Crippen LogP contribution in [0, 0.1) is 22.7 Å². The van der Waals surface area contributed by atoms with Gasteiger partial charge in [-0.2, -0.15) is 10.5 Å². The van der Waals surface area contributed by atoms with Crippen molar-refractivity contribution in [3.05, 3.63) is 29.6 Å². The molecule has 2 rings (SSSR count). The summed E-state index contributed by atoms with van der Waals surface area (Å²) in [5.74, 6) is 0. The summed E-state index contributed by atoms with van der Waals surface area (Å²) < 4.78 is 5.27. The summed E-state index contributed by atoms with van der Waals surface area (Å²) in [6.07, 6.45) is 1.24. The Morgan fingerprint density at radius 3 is 3.18 bits per heavy atom. The van der Waals surface area contributed by atoms with Gasteiger partial charge in [0.2, 0.25) is 0 Å². The Kier molecular flexibility index (Phi) is 3.66. The number of ether oxygens (including phenoxy) is 1. The van der Waals surface area contributed by atoms with E-state index in [1.165, 1.54) is 0 Å². The third-order valence-corrected chi connectivity index (χ3v) is 2.69. The van der Waals surface area contributed by atoms with Crippen LogP contribution in [-0.2, 0) is 11.3 Å². The lowest BCUT2D eigenvalue weighted by Gasteiger charge is -2.29. The van der Waals surface area contributed by atoms with Crippen LogP contribution in [0.15, 0.2) is 18.3 Å². The molecular formula is C12H12N4O. The van der Waals surface area contributed by atoms with Crippen molar-refractivity contribution < 1.29 is 4.74 Å². The molecule has 1 aromatic heterocycles. The first kappa shape index (κ1) is 11.5. The fourth-order valence-corrected chi connectivity index (χ4v) is 1.83. The molecule has 17 heavy (non-hydrogen) atoms. The maximum Gasteiger partial charge on any atom is 0.156 e. The fourth-order valence-electron chi connectivity index (χ4n) is 1.83. The van der Waals surface area contributed by atoms with Gasteiger partial charge in [-0.3, -0.25) is 4.90 Å². The van der Waals surface area contributed by atoms with Crippen molar-refractivity contribution in [2.45, 2.75) is 12.6 Å². The number of rotatable bonds is 2. The summed E-state index contributed by atoms with van der Waals surface area (Å²) in [7, 11) is 0. The Morgan fingerprint density at radius 2 is 2.41 bits per heavy atom. The van der Waals surface area contributed by atoms with E-state index in [1.807, 2.05) is 12.1 Å². The van der Waals surface area contributed by atoms with Crippen LogP contribution in [0.2, 0.25) is 0 Å². The van der Waals surface area contributed by atoms with Crippen LogP contribution in [0.3, 0.4) is 0 Å². The monoisotopic (exact) mass is 228 g/mol. The number of morpholine rings is 1. The molecule has 2 heterocycles. The van der Waals surface area contributed by atoms with Crippen molar-refractivity contribution in [2.75, 3.05) is 19.7 Å². The van der Waals surface area contributed by atoms with Gasteiger partial charge in [0, 0.05) is 31.4 Å². The molecule has 0 spiro atoms. The largest absolute Gasteiger partial charge is 0.361 e. The van der Waals surface area contributed by atoms with Gasteiger partial charge in [-0.05, 0) is 6.07 Å². The summed E-state index contributed by atoms with van der Waals surface area (Å²) in [4.78, 5) is 6.12. The average Bonchev–Trinajstić information content (AvgIpc) is 2.39. The Morgan fingerprint density at radius 1 is 1.53 bits per heavy atom. The van der Waals surface area contributed by atoms with E-state index in [2.05, 4.69) is 22.0 Å². The van der Waals surface area contributed by atoms with E-state index in [0.717, 1.165) is 12.1 Å². The predicted molar refractivity (Wildman–Crippen MR) is 59.6 cm³/mol. The molecule has 0 N–H and O–H groups in total. The maximum absolute atomic E-state index is 8.94. The van der Waals surface area contributed by atoms with Crippen LogP contribution in [0.1, 0.15) is 11.3 Å². The summed E-state index contributed by atoms with van der Waals surface area (Å²) in [5.41, 5.74) is 1.35. The standard InChI is InChI=1S/C12H12N4O/c13-6-11-9-16(4-5-17-11)8-10-2-1-3-15-12(10)7-14/h1-3,11H,4-5,8-9H2. The Labute approximate surface area is 99.9 Å². The van der Waals surface area contributed by atoms with Crippen LogP contribution in [0.25, 0.3) is 0 Å². The second-order valence-electron chi connectivity index (χ2n) is 3.85. The van der Waals surface area contributed by atoms with Crippen LogP contribution >= 0.6 is 0 Å². The normalized spacial score (nSPS) is 20.5. The molecule has 1 unspecified atom stereocenters. The van der Waals surface area contributed by atoms with Crippen molar-refractivity contribution in [3.8, 4) is 12.1 Å². The summed E-state index contributed by atoms with van der Waals surface area (Å²) in [5, 5.41) is 17.7. The number of hydrogen-bond acceptors (Lipinski definition) is 5. The van der Waals surface area contributed by atoms with E-state index in [0.29, 0.717) is 25.4 Å². The first-order valence-corrected chi connectivity index (χ1v) is 5.41. The van der Waals surface area contributed by atoms with E-state index < -0.39 is 0 Å². The number of nitrogens with zero attached hydrogens (tertiary/aromatic N) is 4. The summed E-state index contributed by atoms with van der Waals surface area (Å²) in [6.45, 7) is 2.55. The van der Waals surface area contributed by atoms with Gasteiger partial charge in [0.25, 0.3) is 0 Å². The van der Waals surface area contributed by atoms with Crippen molar-refractivity contribution >= 4 is 0 Å². The number of pyridine rings is 1.